The van der Waals surface area contributed by atoms with Crippen LogP contribution in [0, 0.1) is 6.42 Å². The number of allylic oxidation sites excluding steroid dienone is 2. The number of benzene rings is 2. The number of hydrogen-bond acceptors (Lipinski definition) is 2. The quantitative estimate of drug-likeness (QED) is 0.382. The molecule has 0 saturated carbocycles. The zero-order valence-electron chi connectivity index (χ0n) is 14.2. The molecular weight excluding hydrogens is 507 g/mol. The summed E-state index contributed by atoms with van der Waals surface area (Å²) in [7, 11) is 1.65. The second-order valence-electron chi connectivity index (χ2n) is 5.36. The molecule has 2 aromatic rings. The number of ether oxygens (including phenoxy) is 1. The van der Waals surface area contributed by atoms with Crippen LogP contribution in [0.15, 0.2) is 90.4 Å². The molecule has 1 radical (unpaired) electrons. The van der Waals surface area contributed by atoms with Crippen molar-refractivity contribution in [1.29, 1.82) is 0 Å². The smallest absolute Gasteiger partial charge is 0.105 e. The van der Waals surface area contributed by atoms with Crippen LogP contribution >= 0.6 is 0 Å². The van der Waals surface area contributed by atoms with Crippen molar-refractivity contribution in [1.82, 2.24) is 0 Å². The van der Waals surface area contributed by atoms with E-state index in [1.54, 1.807) is 7.11 Å². The van der Waals surface area contributed by atoms with Gasteiger partial charge in [-0.1, -0.05) is 72.6 Å². The molecule has 1 aliphatic carbocycles. The fraction of sp³-hybridized carbons (Fsp3) is 0.182. The van der Waals surface area contributed by atoms with E-state index in [1.165, 1.54) is 11.1 Å². The van der Waals surface area contributed by atoms with Crippen LogP contribution in [-0.2, 0) is 44.9 Å². The summed E-state index contributed by atoms with van der Waals surface area (Å²) in [4.78, 5) is 0. The number of aryl methyl sites for hydroxylation is 1. The Morgan fingerprint density at radius 1 is 0.960 bits per heavy atom. The minimum absolute atomic E-state index is 0. The van der Waals surface area contributed by atoms with E-state index >= 15 is 0 Å². The molecule has 133 valence electrons. The van der Waals surface area contributed by atoms with E-state index in [0.717, 1.165) is 18.6 Å². The van der Waals surface area contributed by atoms with Gasteiger partial charge in [-0.05, 0) is 30.2 Å². The Morgan fingerprint density at radius 2 is 1.60 bits per heavy atom. The largest absolute Gasteiger partial charge is 0.785 e. The summed E-state index contributed by atoms with van der Waals surface area (Å²) >= 11 is 5.50. The SMILES string of the molecule is COC1=CC=C=C[CH]1.[Pt].[S-]C(CCc1ccccc1)c1ccccc1. The van der Waals surface area contributed by atoms with Crippen LogP contribution < -0.4 is 0 Å². The van der Waals surface area contributed by atoms with E-state index in [2.05, 4.69) is 54.3 Å². The predicted molar refractivity (Wildman–Crippen MR) is 103 cm³/mol. The topological polar surface area (TPSA) is 9.23 Å². The summed E-state index contributed by atoms with van der Waals surface area (Å²) in [5.74, 6) is 0.878. The molecule has 25 heavy (non-hydrogen) atoms. The summed E-state index contributed by atoms with van der Waals surface area (Å²) in [6.07, 6.45) is 9.45. The van der Waals surface area contributed by atoms with E-state index in [0.29, 0.717) is 0 Å². The van der Waals surface area contributed by atoms with Gasteiger partial charge in [-0.3, -0.25) is 0 Å². The van der Waals surface area contributed by atoms with Gasteiger partial charge in [-0.15, -0.1) is 11.0 Å². The first kappa shape index (κ1) is 21.6. The van der Waals surface area contributed by atoms with Crippen molar-refractivity contribution in [3.05, 3.63) is 108 Å². The molecule has 0 saturated heterocycles. The van der Waals surface area contributed by atoms with E-state index in [-0.39, 0.29) is 26.3 Å². The molecule has 0 N–H and O–H groups in total. The second kappa shape index (κ2) is 12.8. The summed E-state index contributed by atoms with van der Waals surface area (Å²) in [6.45, 7) is 0. The summed E-state index contributed by atoms with van der Waals surface area (Å²) in [5.41, 5.74) is 5.51. The van der Waals surface area contributed by atoms with Crippen LogP contribution in [0.2, 0.25) is 0 Å². The van der Waals surface area contributed by atoms with Gasteiger partial charge in [-0.2, -0.15) is 0 Å². The Hall–Kier alpha value is -1.46. The first-order valence-electron chi connectivity index (χ1n) is 8.04. The van der Waals surface area contributed by atoms with Gasteiger partial charge in [0.15, 0.2) is 0 Å². The van der Waals surface area contributed by atoms with Crippen LogP contribution in [0.25, 0.3) is 0 Å². The summed E-state index contributed by atoms with van der Waals surface area (Å²) in [6, 6.07) is 20.9. The van der Waals surface area contributed by atoms with Crippen LogP contribution in [0.3, 0.4) is 0 Å². The Balaban J connectivity index is 0.000000295. The van der Waals surface area contributed by atoms with Gasteiger partial charge < -0.3 is 17.4 Å². The minimum Gasteiger partial charge on any atom is -0.785 e. The van der Waals surface area contributed by atoms with Crippen LogP contribution in [-0.4, -0.2) is 7.11 Å². The average Bonchev–Trinajstić information content (AvgIpc) is 2.69. The molecule has 0 aromatic heterocycles. The van der Waals surface area contributed by atoms with E-state index < -0.39 is 0 Å². The zero-order chi connectivity index (χ0) is 17.0. The molecular formula is C22H22OPtS-. The number of rotatable bonds is 5. The fourth-order valence-corrected chi connectivity index (χ4v) is 2.56. The molecule has 0 bridgehead atoms. The van der Waals surface area contributed by atoms with Crippen molar-refractivity contribution in [3.63, 3.8) is 0 Å². The molecule has 1 aliphatic rings. The van der Waals surface area contributed by atoms with Gasteiger partial charge in [0.2, 0.25) is 0 Å². The standard InChI is InChI=1S/C15H16S.C7H7O.Pt/c16-15(14-9-5-2-6-10-14)12-11-13-7-3-1-4-8-13;1-8-7-5-3-2-4-6-7;/h1-10,15-16H,11-12H2;3-6H,1H3;/p-1. The molecule has 0 amide bonds. The van der Waals surface area contributed by atoms with Gasteiger partial charge in [0, 0.05) is 21.1 Å². The molecule has 1 unspecified atom stereocenters. The van der Waals surface area contributed by atoms with Gasteiger partial charge in [0.25, 0.3) is 0 Å². The molecule has 0 fully saturated rings. The maximum atomic E-state index is 5.50. The van der Waals surface area contributed by atoms with Crippen LogP contribution in [0.1, 0.15) is 22.8 Å². The molecule has 3 rings (SSSR count). The van der Waals surface area contributed by atoms with Crippen LogP contribution in [0.4, 0.5) is 0 Å². The third-order valence-electron chi connectivity index (χ3n) is 3.63. The first-order valence-corrected chi connectivity index (χ1v) is 8.51. The van der Waals surface area contributed by atoms with Gasteiger partial charge >= 0.3 is 0 Å². The van der Waals surface area contributed by atoms with Crippen molar-refractivity contribution < 1.29 is 25.8 Å². The predicted octanol–water partition coefficient (Wildman–Crippen LogP) is 5.35. The Morgan fingerprint density at radius 3 is 2.12 bits per heavy atom. The number of hydrogen-bond donors (Lipinski definition) is 0. The van der Waals surface area contributed by atoms with E-state index in [1.807, 2.05) is 36.8 Å². The number of methoxy groups -OCH3 is 1. The van der Waals surface area contributed by atoms with Crippen LogP contribution in [0.5, 0.6) is 0 Å². The van der Waals surface area contributed by atoms with Crippen molar-refractivity contribution in [2.45, 2.75) is 18.1 Å². The molecule has 0 spiro atoms. The van der Waals surface area contributed by atoms with Crippen molar-refractivity contribution >= 4 is 12.6 Å². The van der Waals surface area contributed by atoms with Gasteiger partial charge in [0.05, 0.1) is 13.5 Å². The zero-order valence-corrected chi connectivity index (χ0v) is 17.3. The summed E-state index contributed by atoms with van der Waals surface area (Å²) in [5, 5.41) is 0.224. The van der Waals surface area contributed by atoms with Crippen molar-refractivity contribution in [3.8, 4) is 0 Å². The maximum Gasteiger partial charge on any atom is 0.105 e. The molecule has 0 aliphatic heterocycles. The average molecular weight is 530 g/mol. The van der Waals surface area contributed by atoms with Gasteiger partial charge in [0.1, 0.15) is 5.76 Å². The first-order chi connectivity index (χ1) is 11.8. The third-order valence-corrected chi connectivity index (χ3v) is 4.14. The van der Waals surface area contributed by atoms with Gasteiger partial charge in [-0.25, -0.2) is 0 Å². The second-order valence-corrected chi connectivity index (χ2v) is 5.93. The van der Waals surface area contributed by atoms with E-state index in [4.69, 9.17) is 17.4 Å². The molecule has 1 nitrogen and oxygen atoms in total. The minimum atomic E-state index is 0. The normalized spacial score (nSPS) is 13.0. The molecule has 0 heterocycles. The Kier molecular flexibility index (Phi) is 11.1. The third kappa shape index (κ3) is 8.45. The molecule has 3 heteroatoms. The molecule has 2 aromatic carbocycles. The summed E-state index contributed by atoms with van der Waals surface area (Å²) < 4.78 is 4.89. The fourth-order valence-electron chi connectivity index (χ4n) is 2.28. The van der Waals surface area contributed by atoms with E-state index in [9.17, 15) is 0 Å². The monoisotopic (exact) mass is 529 g/mol. The maximum absolute atomic E-state index is 5.50. The Labute approximate surface area is 171 Å². The Bertz CT molecular complexity index is 688. The molecule has 1 atom stereocenters. The van der Waals surface area contributed by atoms with Crippen molar-refractivity contribution in [2.75, 3.05) is 7.11 Å². The van der Waals surface area contributed by atoms with Crippen molar-refractivity contribution in [2.24, 2.45) is 0 Å².